The number of aromatic nitrogens is 1. The van der Waals surface area contributed by atoms with Gasteiger partial charge in [-0.25, -0.2) is 9.78 Å². The van der Waals surface area contributed by atoms with Crippen LogP contribution in [0.2, 0.25) is 0 Å². The number of rotatable bonds is 3. The molecule has 3 rings (SSSR count). The maximum Gasteiger partial charge on any atom is 0.408 e. The van der Waals surface area contributed by atoms with Crippen molar-refractivity contribution in [3.05, 3.63) is 30.2 Å². The zero-order valence-electron chi connectivity index (χ0n) is 11.1. The van der Waals surface area contributed by atoms with E-state index in [2.05, 4.69) is 10.3 Å². The smallest absolute Gasteiger partial charge is 0.408 e. The quantitative estimate of drug-likeness (QED) is 0.916. The maximum absolute atomic E-state index is 12.4. The van der Waals surface area contributed by atoms with Crippen LogP contribution in [-0.4, -0.2) is 29.0 Å². The van der Waals surface area contributed by atoms with E-state index in [-0.39, 0.29) is 5.89 Å². The molecule has 0 unspecified atom stereocenters. The fourth-order valence-electron chi connectivity index (χ4n) is 2.25. The highest BCUT2D eigenvalue weighted by molar-refractivity contribution is 5.96. The molecule has 0 aliphatic carbocycles. The van der Waals surface area contributed by atoms with Crippen LogP contribution in [0.25, 0.3) is 11.1 Å². The first kappa shape index (κ1) is 13.1. The lowest BCUT2D eigenvalue weighted by molar-refractivity contribution is -0.122. The molecule has 0 spiro atoms. The number of fused-ring (bicyclic) bond motifs is 1. The number of oxazole rings is 1. The van der Waals surface area contributed by atoms with Crippen molar-refractivity contribution in [2.75, 3.05) is 0 Å². The van der Waals surface area contributed by atoms with Crippen molar-refractivity contribution in [2.45, 2.75) is 25.0 Å². The van der Waals surface area contributed by atoms with Gasteiger partial charge >= 0.3 is 6.09 Å². The number of hydrogen-bond acceptors (Lipinski definition) is 6. The minimum atomic E-state index is -1.19. The summed E-state index contributed by atoms with van der Waals surface area (Å²) in [5.41, 5.74) is 1.07. The number of carbonyl (C=O) groups excluding carboxylic acids is 2. The molecule has 1 aromatic carbocycles. The molecule has 1 amide bonds. The summed E-state index contributed by atoms with van der Waals surface area (Å²) in [6.45, 7) is 1.58. The van der Waals surface area contributed by atoms with Crippen molar-refractivity contribution in [1.82, 2.24) is 10.3 Å². The highest BCUT2D eigenvalue weighted by atomic mass is 16.6. The molecule has 1 fully saturated rings. The van der Waals surface area contributed by atoms with Gasteiger partial charge in [0, 0.05) is 0 Å². The minimum absolute atomic E-state index is 0.0250. The van der Waals surface area contributed by atoms with Crippen LogP contribution < -0.4 is 5.32 Å². The maximum atomic E-state index is 12.4. The third-order valence-corrected chi connectivity index (χ3v) is 3.31. The fourth-order valence-corrected chi connectivity index (χ4v) is 2.25. The summed E-state index contributed by atoms with van der Waals surface area (Å²) in [6.07, 6.45) is -1.31. The number of nitrogens with one attached hydrogen (secondary N) is 1. The number of benzene rings is 1. The summed E-state index contributed by atoms with van der Waals surface area (Å²) in [5, 5.41) is 11.7. The summed E-state index contributed by atoms with van der Waals surface area (Å²) < 4.78 is 10.3. The van der Waals surface area contributed by atoms with Gasteiger partial charge in [0.25, 0.3) is 0 Å². The lowest BCUT2D eigenvalue weighted by Crippen LogP contribution is -2.41. The average Bonchev–Trinajstić information content (AvgIpc) is 3.02. The first-order chi connectivity index (χ1) is 10.1. The molecule has 2 aromatic rings. The molecule has 0 saturated carbocycles. The molecule has 1 aromatic heterocycles. The molecule has 3 atom stereocenters. The molecule has 0 bridgehead atoms. The predicted octanol–water partition coefficient (Wildman–Crippen LogP) is 1.50. The zero-order valence-corrected chi connectivity index (χ0v) is 11.1. The number of ketones is 1. The van der Waals surface area contributed by atoms with Gasteiger partial charge in [-0.05, 0) is 19.1 Å². The lowest BCUT2D eigenvalue weighted by Gasteiger charge is -2.13. The van der Waals surface area contributed by atoms with Crippen LogP contribution in [0.4, 0.5) is 4.79 Å². The molecule has 1 aliphatic rings. The monoisotopic (exact) mass is 285 g/mol. The van der Waals surface area contributed by atoms with Gasteiger partial charge in [-0.15, -0.1) is 0 Å². The largest absolute Gasteiger partial charge is 0.444 e. The van der Waals surface area contributed by atoms with E-state index >= 15 is 0 Å². The average molecular weight is 285 g/mol. The van der Waals surface area contributed by atoms with Gasteiger partial charge in [0.1, 0.15) is 17.7 Å². The molecule has 0 radical (unpaired) electrons. The van der Waals surface area contributed by atoms with E-state index in [0.717, 1.165) is 0 Å². The van der Waals surface area contributed by atoms with E-state index in [4.69, 9.17) is 9.15 Å². The van der Waals surface area contributed by atoms with E-state index in [9.17, 15) is 14.9 Å². The summed E-state index contributed by atoms with van der Waals surface area (Å²) in [6, 6.07) is 7.98. The molecule has 7 nitrogen and oxygen atoms in total. The van der Waals surface area contributed by atoms with Crippen LogP contribution in [0.5, 0.6) is 0 Å². The van der Waals surface area contributed by atoms with Crippen molar-refractivity contribution in [2.24, 2.45) is 0 Å². The third-order valence-electron chi connectivity index (χ3n) is 3.31. The van der Waals surface area contributed by atoms with Crippen LogP contribution in [0, 0.1) is 11.3 Å². The summed E-state index contributed by atoms with van der Waals surface area (Å²) in [7, 11) is 0. The number of nitrogens with zero attached hydrogens (tertiary/aromatic N) is 2. The van der Waals surface area contributed by atoms with Crippen LogP contribution in [0.15, 0.2) is 28.7 Å². The zero-order chi connectivity index (χ0) is 15.0. The molecule has 7 heteroatoms. The first-order valence-electron chi connectivity index (χ1n) is 6.36. The van der Waals surface area contributed by atoms with Gasteiger partial charge in [0.05, 0.1) is 6.07 Å². The lowest BCUT2D eigenvalue weighted by atomic mass is 9.96. The molecular weight excluding hydrogens is 274 g/mol. The number of amides is 1. The normalized spacial score (nSPS) is 22.4. The number of hydrogen-bond donors (Lipinski definition) is 1. The van der Waals surface area contributed by atoms with Gasteiger partial charge < -0.3 is 14.5 Å². The number of nitriles is 1. The molecule has 106 valence electrons. The molecule has 1 saturated heterocycles. The molecular formula is C14H11N3O4. The Morgan fingerprint density at radius 1 is 1.48 bits per heavy atom. The number of Topliss-reactive ketones (excluding diaryl/α,β-unsaturated/α-hetero) is 1. The standard InChI is InChI=1S/C14H11N3O4/c1-7-11(17-14(19)20-7)12(18)8(6-15)13-16-9-4-2-3-5-10(9)21-13/h2-5,7-8,11H,1H3,(H,17,19)/t7-,8-,11+/m0/s1. The molecule has 2 heterocycles. The van der Waals surface area contributed by atoms with Gasteiger partial charge in [0.2, 0.25) is 5.89 Å². The summed E-state index contributed by atoms with van der Waals surface area (Å²) >= 11 is 0. The summed E-state index contributed by atoms with van der Waals surface area (Å²) in [4.78, 5) is 27.7. The second-order valence-electron chi connectivity index (χ2n) is 4.72. The fraction of sp³-hybridized carbons (Fsp3) is 0.286. The Morgan fingerprint density at radius 3 is 2.86 bits per heavy atom. The van der Waals surface area contributed by atoms with E-state index in [0.29, 0.717) is 11.1 Å². The molecule has 1 N–H and O–H groups in total. The Bertz CT molecular complexity index is 728. The SMILES string of the molecule is C[C@@H]1OC(=O)N[C@H]1C(=O)[C@H](C#N)c1nc2ccccc2o1. The predicted molar refractivity (Wildman–Crippen MR) is 70.2 cm³/mol. The third kappa shape index (κ3) is 2.21. The van der Waals surface area contributed by atoms with Gasteiger partial charge in [-0.1, -0.05) is 12.1 Å². The van der Waals surface area contributed by atoms with Crippen LogP contribution in [0.3, 0.4) is 0 Å². The second kappa shape index (κ2) is 4.90. The van der Waals surface area contributed by atoms with E-state index in [1.165, 1.54) is 0 Å². The van der Waals surface area contributed by atoms with Crippen LogP contribution >= 0.6 is 0 Å². The Balaban J connectivity index is 1.93. The van der Waals surface area contributed by atoms with Crippen molar-refractivity contribution in [1.29, 1.82) is 5.26 Å². The van der Waals surface area contributed by atoms with Gasteiger partial charge in [-0.3, -0.25) is 4.79 Å². The van der Waals surface area contributed by atoms with Crippen LogP contribution in [-0.2, 0) is 9.53 Å². The highest BCUT2D eigenvalue weighted by Crippen LogP contribution is 2.24. The van der Waals surface area contributed by atoms with Crippen molar-refractivity contribution in [3.63, 3.8) is 0 Å². The number of alkyl carbamates (subject to hydrolysis) is 1. The van der Waals surface area contributed by atoms with Crippen molar-refractivity contribution in [3.8, 4) is 6.07 Å². The number of ether oxygens (including phenoxy) is 1. The number of para-hydroxylation sites is 2. The number of carbonyl (C=O) groups is 2. The number of cyclic esters (lactones) is 1. The van der Waals surface area contributed by atoms with E-state index < -0.39 is 29.9 Å². The Hall–Kier alpha value is -2.88. The molecule has 1 aliphatic heterocycles. The van der Waals surface area contributed by atoms with Gasteiger partial charge in [-0.2, -0.15) is 5.26 Å². The highest BCUT2D eigenvalue weighted by Gasteiger charge is 2.41. The van der Waals surface area contributed by atoms with E-state index in [1.54, 1.807) is 31.2 Å². The second-order valence-corrected chi connectivity index (χ2v) is 4.72. The van der Waals surface area contributed by atoms with Crippen molar-refractivity contribution < 1.29 is 18.7 Å². The van der Waals surface area contributed by atoms with Crippen molar-refractivity contribution >= 4 is 23.0 Å². The topological polar surface area (TPSA) is 105 Å². The first-order valence-corrected chi connectivity index (χ1v) is 6.36. The Labute approximate surface area is 119 Å². The van der Waals surface area contributed by atoms with Gasteiger partial charge in [0.15, 0.2) is 17.3 Å². The summed E-state index contributed by atoms with van der Waals surface area (Å²) in [5.74, 6) is -1.66. The van der Waals surface area contributed by atoms with E-state index in [1.807, 2.05) is 6.07 Å². The minimum Gasteiger partial charge on any atom is -0.444 e. The Morgan fingerprint density at radius 2 is 2.24 bits per heavy atom. The Kier molecular flexibility index (Phi) is 3.06. The van der Waals surface area contributed by atoms with Crippen LogP contribution in [0.1, 0.15) is 18.7 Å². The molecule has 21 heavy (non-hydrogen) atoms.